The van der Waals surface area contributed by atoms with E-state index in [1.807, 2.05) is 6.20 Å². The van der Waals surface area contributed by atoms with E-state index < -0.39 is 0 Å². The summed E-state index contributed by atoms with van der Waals surface area (Å²) in [4.78, 5) is 13.5. The SMILES string of the molecule is CN(CCN(C)C1CCCCC1)c1ncnc2c1cnn2CCC#N. The second-order valence-electron chi connectivity index (χ2n) is 6.90. The van der Waals surface area contributed by atoms with Crippen LogP contribution in [0, 0.1) is 11.3 Å². The Bertz CT molecular complexity index is 727. The molecule has 1 fully saturated rings. The summed E-state index contributed by atoms with van der Waals surface area (Å²) in [7, 11) is 4.31. The minimum absolute atomic E-state index is 0.429. The fraction of sp³-hybridized carbons (Fsp3) is 0.667. The summed E-state index contributed by atoms with van der Waals surface area (Å²) in [6.07, 6.45) is 10.6. The van der Waals surface area contributed by atoms with Crippen molar-refractivity contribution in [2.45, 2.75) is 51.1 Å². The van der Waals surface area contributed by atoms with Crippen molar-refractivity contribution < 1.29 is 0 Å². The maximum absolute atomic E-state index is 8.77. The largest absolute Gasteiger partial charge is 0.358 e. The first-order valence-electron chi connectivity index (χ1n) is 9.15. The van der Waals surface area contributed by atoms with E-state index in [9.17, 15) is 0 Å². The normalized spacial score (nSPS) is 15.6. The lowest BCUT2D eigenvalue weighted by Crippen LogP contribution is -2.38. The van der Waals surface area contributed by atoms with Crippen LogP contribution in [0.25, 0.3) is 11.0 Å². The lowest BCUT2D eigenvalue weighted by molar-refractivity contribution is 0.196. The third-order valence-electron chi connectivity index (χ3n) is 5.20. The van der Waals surface area contributed by atoms with Gasteiger partial charge in [-0.15, -0.1) is 0 Å². The van der Waals surface area contributed by atoms with Crippen LogP contribution in [0.2, 0.25) is 0 Å². The maximum atomic E-state index is 8.77. The van der Waals surface area contributed by atoms with E-state index in [4.69, 9.17) is 5.26 Å². The van der Waals surface area contributed by atoms with Gasteiger partial charge in [0.15, 0.2) is 5.65 Å². The number of hydrogen-bond acceptors (Lipinski definition) is 6. The molecule has 0 amide bonds. The lowest BCUT2D eigenvalue weighted by Gasteiger charge is -2.32. The molecule has 7 heteroatoms. The number of aryl methyl sites for hydroxylation is 1. The van der Waals surface area contributed by atoms with Crippen molar-refractivity contribution in [3.05, 3.63) is 12.5 Å². The van der Waals surface area contributed by atoms with Gasteiger partial charge in [-0.25, -0.2) is 14.6 Å². The molecule has 134 valence electrons. The number of aromatic nitrogens is 4. The summed E-state index contributed by atoms with van der Waals surface area (Å²) in [5, 5.41) is 14.1. The van der Waals surface area contributed by atoms with Crippen molar-refractivity contribution >= 4 is 16.9 Å². The highest BCUT2D eigenvalue weighted by molar-refractivity contribution is 5.86. The molecule has 0 spiro atoms. The van der Waals surface area contributed by atoms with Crippen LogP contribution in [0.4, 0.5) is 5.82 Å². The Hall–Kier alpha value is -2.20. The number of nitriles is 1. The van der Waals surface area contributed by atoms with E-state index in [1.54, 1.807) is 11.0 Å². The molecule has 1 saturated carbocycles. The number of hydrogen-bond donors (Lipinski definition) is 0. The fourth-order valence-corrected chi connectivity index (χ4v) is 3.62. The summed E-state index contributed by atoms with van der Waals surface area (Å²) >= 11 is 0. The molecule has 0 N–H and O–H groups in total. The van der Waals surface area contributed by atoms with Crippen LogP contribution >= 0.6 is 0 Å². The predicted octanol–water partition coefficient (Wildman–Crippen LogP) is 2.44. The van der Waals surface area contributed by atoms with Gasteiger partial charge in [0.25, 0.3) is 0 Å². The number of likely N-dealkylation sites (N-methyl/N-ethyl adjacent to an activating group) is 2. The van der Waals surface area contributed by atoms with Crippen LogP contribution in [-0.4, -0.2) is 57.9 Å². The molecule has 2 heterocycles. The zero-order valence-electron chi connectivity index (χ0n) is 15.2. The highest BCUT2D eigenvalue weighted by Gasteiger charge is 2.19. The first-order valence-corrected chi connectivity index (χ1v) is 9.15. The third kappa shape index (κ3) is 4.07. The van der Waals surface area contributed by atoms with Gasteiger partial charge < -0.3 is 9.80 Å². The molecule has 0 bridgehead atoms. The molecule has 1 aliphatic rings. The topological polar surface area (TPSA) is 73.9 Å². The van der Waals surface area contributed by atoms with Crippen LogP contribution in [0.1, 0.15) is 38.5 Å². The van der Waals surface area contributed by atoms with Gasteiger partial charge in [0.1, 0.15) is 12.1 Å². The number of fused-ring (bicyclic) bond motifs is 1. The van der Waals surface area contributed by atoms with Gasteiger partial charge in [0, 0.05) is 26.2 Å². The molecule has 0 atom stereocenters. The summed E-state index contributed by atoms with van der Waals surface area (Å²) in [5.41, 5.74) is 0.799. The third-order valence-corrected chi connectivity index (χ3v) is 5.20. The van der Waals surface area contributed by atoms with Crippen LogP contribution in [0.3, 0.4) is 0 Å². The molecule has 25 heavy (non-hydrogen) atoms. The van der Waals surface area contributed by atoms with Crippen molar-refractivity contribution in [1.29, 1.82) is 5.26 Å². The van der Waals surface area contributed by atoms with Crippen molar-refractivity contribution in [2.75, 3.05) is 32.1 Å². The molecule has 2 aromatic heterocycles. The van der Waals surface area contributed by atoms with E-state index >= 15 is 0 Å². The van der Waals surface area contributed by atoms with Crippen LogP contribution < -0.4 is 4.90 Å². The molecule has 3 rings (SSSR count). The average Bonchev–Trinajstić information content (AvgIpc) is 3.08. The molecule has 0 unspecified atom stereocenters. The number of nitrogens with zero attached hydrogens (tertiary/aromatic N) is 7. The quantitative estimate of drug-likeness (QED) is 0.770. The van der Waals surface area contributed by atoms with Crippen molar-refractivity contribution in [2.24, 2.45) is 0 Å². The van der Waals surface area contributed by atoms with Gasteiger partial charge in [-0.1, -0.05) is 19.3 Å². The summed E-state index contributed by atoms with van der Waals surface area (Å²) in [5.74, 6) is 0.908. The van der Waals surface area contributed by atoms with Crippen LogP contribution in [-0.2, 0) is 6.54 Å². The summed E-state index contributed by atoms with van der Waals surface area (Å²) < 4.78 is 1.78. The van der Waals surface area contributed by atoms with Crippen LogP contribution in [0.5, 0.6) is 0 Å². The Labute approximate surface area is 149 Å². The van der Waals surface area contributed by atoms with E-state index in [1.165, 1.54) is 32.1 Å². The Morgan fingerprint density at radius 3 is 2.76 bits per heavy atom. The van der Waals surface area contributed by atoms with Gasteiger partial charge in [-0.3, -0.25) is 0 Å². The predicted molar refractivity (Wildman–Crippen MR) is 98.3 cm³/mol. The van der Waals surface area contributed by atoms with E-state index in [2.05, 4.69) is 45.0 Å². The monoisotopic (exact) mass is 341 g/mol. The zero-order valence-corrected chi connectivity index (χ0v) is 15.2. The average molecular weight is 341 g/mol. The minimum atomic E-state index is 0.429. The summed E-state index contributed by atoms with van der Waals surface area (Å²) in [6.45, 7) is 2.50. The summed E-state index contributed by atoms with van der Waals surface area (Å²) in [6, 6.07) is 2.88. The number of rotatable bonds is 7. The fourth-order valence-electron chi connectivity index (χ4n) is 3.62. The minimum Gasteiger partial charge on any atom is -0.358 e. The molecular weight excluding hydrogens is 314 g/mol. The van der Waals surface area contributed by atoms with Gasteiger partial charge >= 0.3 is 0 Å². The standard InChI is InChI=1S/C18H27N7/c1-23(15-7-4-3-5-8-15)11-12-24(2)17-16-13-22-25(10-6-9-19)18(16)21-14-20-17/h13-15H,3-8,10-12H2,1-2H3. The lowest BCUT2D eigenvalue weighted by atomic mass is 9.94. The van der Waals surface area contributed by atoms with Gasteiger partial charge in [-0.2, -0.15) is 10.4 Å². The van der Waals surface area contributed by atoms with E-state index in [-0.39, 0.29) is 0 Å². The first kappa shape index (κ1) is 17.6. The molecule has 0 radical (unpaired) electrons. The first-order chi connectivity index (χ1) is 12.2. The van der Waals surface area contributed by atoms with Gasteiger partial charge in [-0.05, 0) is 19.9 Å². The molecule has 0 saturated heterocycles. The van der Waals surface area contributed by atoms with E-state index in [0.717, 1.165) is 36.0 Å². The molecule has 0 aliphatic heterocycles. The molecular formula is C18H27N7. The van der Waals surface area contributed by atoms with Crippen molar-refractivity contribution in [3.63, 3.8) is 0 Å². The smallest absolute Gasteiger partial charge is 0.163 e. The second-order valence-corrected chi connectivity index (χ2v) is 6.90. The Morgan fingerprint density at radius 2 is 2.00 bits per heavy atom. The maximum Gasteiger partial charge on any atom is 0.163 e. The highest BCUT2D eigenvalue weighted by atomic mass is 15.3. The Kier molecular flexibility index (Phi) is 5.82. The Morgan fingerprint density at radius 1 is 1.20 bits per heavy atom. The van der Waals surface area contributed by atoms with Crippen LogP contribution in [0.15, 0.2) is 12.5 Å². The molecule has 7 nitrogen and oxygen atoms in total. The molecule has 0 aromatic carbocycles. The molecule has 2 aromatic rings. The highest BCUT2D eigenvalue weighted by Crippen LogP contribution is 2.23. The van der Waals surface area contributed by atoms with Gasteiger partial charge in [0.2, 0.25) is 0 Å². The van der Waals surface area contributed by atoms with E-state index in [0.29, 0.717) is 13.0 Å². The Balaban J connectivity index is 1.66. The molecule has 1 aliphatic carbocycles. The van der Waals surface area contributed by atoms with Crippen molar-refractivity contribution in [3.8, 4) is 6.07 Å². The van der Waals surface area contributed by atoms with Gasteiger partial charge in [0.05, 0.1) is 30.6 Å². The van der Waals surface area contributed by atoms with Crippen molar-refractivity contribution in [1.82, 2.24) is 24.6 Å². The number of anilines is 1. The zero-order chi connectivity index (χ0) is 17.6. The second kappa shape index (κ2) is 8.26.